The fraction of sp³-hybridized carbons (Fsp3) is 0.176. The zero-order valence-corrected chi connectivity index (χ0v) is 13.5. The van der Waals surface area contributed by atoms with E-state index >= 15 is 0 Å². The van der Waals surface area contributed by atoms with Gasteiger partial charge in [-0.2, -0.15) is 0 Å². The maximum Gasteiger partial charge on any atom is 0.255 e. The highest BCUT2D eigenvalue weighted by atomic mass is 79.9. The Morgan fingerprint density at radius 1 is 1.05 bits per heavy atom. The fourth-order valence-corrected chi connectivity index (χ4v) is 2.44. The van der Waals surface area contributed by atoms with Gasteiger partial charge in [0.25, 0.3) is 5.91 Å². The number of hydrogen-bond donors (Lipinski definition) is 2. The zero-order valence-electron chi connectivity index (χ0n) is 11.9. The molecule has 0 fully saturated rings. The zero-order chi connectivity index (χ0) is 15.9. The van der Waals surface area contributed by atoms with Gasteiger partial charge >= 0.3 is 0 Å². The molecule has 0 bridgehead atoms. The van der Waals surface area contributed by atoms with E-state index in [-0.39, 0.29) is 36.0 Å². The van der Waals surface area contributed by atoms with Crippen LogP contribution >= 0.6 is 15.9 Å². The summed E-state index contributed by atoms with van der Waals surface area (Å²) < 4.78 is 0.904. The topological polar surface area (TPSA) is 66.4 Å². The Bertz CT molecular complexity index is 685. The summed E-state index contributed by atoms with van der Waals surface area (Å²) in [7, 11) is 0. The second-order valence-corrected chi connectivity index (χ2v) is 5.68. The van der Waals surface area contributed by atoms with Gasteiger partial charge in [-0.25, -0.2) is 0 Å². The number of benzene rings is 2. The van der Waals surface area contributed by atoms with E-state index in [9.17, 15) is 14.7 Å². The van der Waals surface area contributed by atoms with Gasteiger partial charge in [-0.05, 0) is 23.8 Å². The maximum absolute atomic E-state index is 11.9. The van der Waals surface area contributed by atoms with Crippen LogP contribution in [0.3, 0.4) is 0 Å². The maximum atomic E-state index is 11.9. The number of phenolic OH excluding ortho intramolecular Hbond substituents is 1. The van der Waals surface area contributed by atoms with Crippen molar-refractivity contribution in [2.24, 2.45) is 0 Å². The van der Waals surface area contributed by atoms with E-state index in [1.165, 1.54) is 12.1 Å². The molecule has 22 heavy (non-hydrogen) atoms. The average Bonchev–Trinajstić information content (AvgIpc) is 2.50. The number of hydrogen-bond acceptors (Lipinski definition) is 3. The molecule has 2 rings (SSSR count). The van der Waals surface area contributed by atoms with Crippen molar-refractivity contribution in [2.75, 3.05) is 6.54 Å². The lowest BCUT2D eigenvalue weighted by atomic mass is 10.1. The molecule has 0 aliphatic carbocycles. The number of halogens is 1. The van der Waals surface area contributed by atoms with Crippen molar-refractivity contribution >= 4 is 27.6 Å². The first-order chi connectivity index (χ1) is 10.6. The normalized spacial score (nSPS) is 10.2. The first kappa shape index (κ1) is 16.2. The molecule has 0 aromatic heterocycles. The van der Waals surface area contributed by atoms with Gasteiger partial charge in [0.1, 0.15) is 11.5 Å². The predicted octanol–water partition coefficient (Wildman–Crippen LogP) is 3.09. The Kier molecular flexibility index (Phi) is 5.72. The molecule has 1 amide bonds. The third kappa shape index (κ3) is 4.43. The Morgan fingerprint density at radius 3 is 2.45 bits per heavy atom. The molecule has 0 saturated carbocycles. The smallest absolute Gasteiger partial charge is 0.255 e. The number of amides is 1. The van der Waals surface area contributed by atoms with Gasteiger partial charge < -0.3 is 10.4 Å². The highest BCUT2D eigenvalue weighted by Gasteiger charge is 2.11. The number of carbonyl (C=O) groups is 2. The summed E-state index contributed by atoms with van der Waals surface area (Å²) in [6.45, 7) is 0.246. The molecular formula is C17H16BrNO3. The number of carbonyl (C=O) groups excluding carboxylic acids is 2. The highest BCUT2D eigenvalue weighted by Crippen LogP contribution is 2.17. The molecule has 0 radical (unpaired) electrons. The lowest BCUT2D eigenvalue weighted by Crippen LogP contribution is -2.26. The van der Waals surface area contributed by atoms with Gasteiger partial charge in [0, 0.05) is 23.9 Å². The van der Waals surface area contributed by atoms with Crippen LogP contribution in [0.15, 0.2) is 53.0 Å². The van der Waals surface area contributed by atoms with Crippen LogP contribution < -0.4 is 5.32 Å². The summed E-state index contributed by atoms with van der Waals surface area (Å²) in [6.07, 6.45) is 0.578. The largest absolute Gasteiger partial charge is 0.507 e. The lowest BCUT2D eigenvalue weighted by Gasteiger charge is -2.07. The number of phenols is 1. The minimum atomic E-state index is -0.383. The molecule has 2 aromatic rings. The van der Waals surface area contributed by atoms with Crippen LogP contribution in [0.2, 0.25) is 0 Å². The number of Topliss-reactive ketones (excluding diaryl/α,β-unsaturated/α-hetero) is 1. The van der Waals surface area contributed by atoms with E-state index in [1.807, 2.05) is 24.3 Å². The molecule has 0 heterocycles. The van der Waals surface area contributed by atoms with E-state index in [0.717, 1.165) is 10.0 Å². The van der Waals surface area contributed by atoms with Crippen LogP contribution in [0.25, 0.3) is 0 Å². The van der Waals surface area contributed by atoms with Crippen LogP contribution in [-0.2, 0) is 11.2 Å². The van der Waals surface area contributed by atoms with E-state index < -0.39 is 0 Å². The van der Waals surface area contributed by atoms with Crippen LogP contribution in [-0.4, -0.2) is 23.3 Å². The summed E-state index contributed by atoms with van der Waals surface area (Å²) >= 11 is 3.40. The predicted molar refractivity (Wildman–Crippen MR) is 87.9 cm³/mol. The van der Waals surface area contributed by atoms with Crippen molar-refractivity contribution < 1.29 is 14.7 Å². The second-order valence-electron chi connectivity index (χ2n) is 4.83. The van der Waals surface area contributed by atoms with E-state index in [2.05, 4.69) is 21.2 Å². The molecule has 2 aromatic carbocycles. The van der Waals surface area contributed by atoms with E-state index in [4.69, 9.17) is 0 Å². The van der Waals surface area contributed by atoms with Gasteiger partial charge in [0.2, 0.25) is 0 Å². The molecule has 0 saturated heterocycles. The van der Waals surface area contributed by atoms with Crippen LogP contribution in [0.1, 0.15) is 22.3 Å². The first-order valence-corrected chi connectivity index (χ1v) is 7.68. The summed E-state index contributed by atoms with van der Waals surface area (Å²) in [4.78, 5) is 23.8. The Balaban J connectivity index is 1.81. The van der Waals surface area contributed by atoms with Crippen molar-refractivity contribution in [3.63, 3.8) is 0 Å². The SMILES string of the molecule is O=C(CCNC(=O)c1ccccc1O)Cc1ccccc1Br. The third-order valence-corrected chi connectivity index (χ3v) is 3.96. The van der Waals surface area contributed by atoms with Crippen LogP contribution in [0, 0.1) is 0 Å². The molecule has 2 N–H and O–H groups in total. The monoisotopic (exact) mass is 361 g/mol. The number of rotatable bonds is 6. The molecule has 4 nitrogen and oxygen atoms in total. The summed E-state index contributed by atoms with van der Waals surface area (Å²) in [6, 6.07) is 13.9. The molecule has 0 aliphatic rings. The van der Waals surface area contributed by atoms with Gasteiger partial charge in [-0.1, -0.05) is 46.3 Å². The summed E-state index contributed by atoms with van der Waals surface area (Å²) in [5.41, 5.74) is 1.14. The molecule has 0 spiro atoms. The number of para-hydroxylation sites is 1. The molecule has 0 unspecified atom stereocenters. The van der Waals surface area contributed by atoms with Crippen LogP contribution in [0.5, 0.6) is 5.75 Å². The van der Waals surface area contributed by atoms with Crippen molar-refractivity contribution in [2.45, 2.75) is 12.8 Å². The molecular weight excluding hydrogens is 346 g/mol. The van der Waals surface area contributed by atoms with Gasteiger partial charge in [-0.15, -0.1) is 0 Å². The van der Waals surface area contributed by atoms with Gasteiger partial charge in [-0.3, -0.25) is 9.59 Å². The van der Waals surface area contributed by atoms with Crippen LogP contribution in [0.4, 0.5) is 0 Å². The third-order valence-electron chi connectivity index (χ3n) is 3.18. The first-order valence-electron chi connectivity index (χ1n) is 6.89. The Hall–Kier alpha value is -2.14. The van der Waals surface area contributed by atoms with Crippen molar-refractivity contribution in [3.8, 4) is 5.75 Å². The number of nitrogens with one attached hydrogen (secondary N) is 1. The van der Waals surface area contributed by atoms with Crippen molar-refractivity contribution in [3.05, 3.63) is 64.1 Å². The lowest BCUT2D eigenvalue weighted by molar-refractivity contribution is -0.118. The van der Waals surface area contributed by atoms with Crippen molar-refractivity contribution in [1.82, 2.24) is 5.32 Å². The van der Waals surface area contributed by atoms with E-state index in [1.54, 1.807) is 12.1 Å². The summed E-state index contributed by atoms with van der Waals surface area (Å²) in [5.74, 6) is -0.407. The average molecular weight is 362 g/mol. The Morgan fingerprint density at radius 2 is 1.73 bits per heavy atom. The second kappa shape index (κ2) is 7.75. The summed E-state index contributed by atoms with van der Waals surface area (Å²) in [5, 5.41) is 12.2. The van der Waals surface area contributed by atoms with Gasteiger partial charge in [0.15, 0.2) is 0 Å². The highest BCUT2D eigenvalue weighted by molar-refractivity contribution is 9.10. The van der Waals surface area contributed by atoms with Gasteiger partial charge in [0.05, 0.1) is 5.56 Å². The quantitative estimate of drug-likeness (QED) is 0.830. The Labute approximate surface area is 137 Å². The molecule has 0 aliphatic heterocycles. The van der Waals surface area contributed by atoms with E-state index in [0.29, 0.717) is 6.42 Å². The van der Waals surface area contributed by atoms with Crippen molar-refractivity contribution in [1.29, 1.82) is 0 Å². The molecule has 5 heteroatoms. The minimum Gasteiger partial charge on any atom is -0.507 e. The standard InChI is InChI=1S/C17H16BrNO3/c18-15-7-3-1-5-12(15)11-13(20)9-10-19-17(22)14-6-2-4-8-16(14)21/h1-8,21H,9-11H2,(H,19,22). The minimum absolute atomic E-state index is 0.0458. The molecule has 0 atom stereocenters. The number of ketones is 1. The fourth-order valence-electron chi connectivity index (χ4n) is 2.02. The molecule has 114 valence electrons. The number of aromatic hydroxyl groups is 1.